The van der Waals surface area contributed by atoms with E-state index >= 15 is 0 Å². The average Bonchev–Trinajstić information content (AvgIpc) is 3.09. The quantitative estimate of drug-likeness (QED) is 0.736. The van der Waals surface area contributed by atoms with E-state index in [-0.39, 0.29) is 40.1 Å². The minimum atomic E-state index is -0.598. The largest absolute Gasteiger partial charge is 0.484 e. The number of amides is 2. The van der Waals surface area contributed by atoms with E-state index in [0.29, 0.717) is 25.8 Å². The zero-order valence-corrected chi connectivity index (χ0v) is 15.8. The summed E-state index contributed by atoms with van der Waals surface area (Å²) in [5.74, 6) is -0.633. The number of ether oxygens (including phenoxy) is 1. The second-order valence-corrected chi connectivity index (χ2v) is 8.50. The highest BCUT2D eigenvalue weighted by atomic mass is 35.5. The molecule has 0 unspecified atom stereocenters. The maximum absolute atomic E-state index is 13.4. The van der Waals surface area contributed by atoms with Gasteiger partial charge in [0.1, 0.15) is 16.6 Å². The summed E-state index contributed by atoms with van der Waals surface area (Å²) in [5.41, 5.74) is -0.686. The van der Waals surface area contributed by atoms with E-state index in [0.717, 1.165) is 11.1 Å². The van der Waals surface area contributed by atoms with Gasteiger partial charge in [-0.1, -0.05) is 11.6 Å². The number of rotatable bonds is 7. The minimum Gasteiger partial charge on any atom is -0.484 e. The number of aromatic nitrogens is 1. The number of nitrogens with zero attached hydrogens (tertiary/aromatic N) is 1. The molecule has 0 atom stereocenters. The van der Waals surface area contributed by atoms with Crippen LogP contribution in [0, 0.1) is 11.2 Å². The third-order valence-corrected chi connectivity index (χ3v) is 6.15. The number of hydrogen-bond donors (Lipinski definition) is 2. The van der Waals surface area contributed by atoms with Crippen LogP contribution in [-0.2, 0) is 16.1 Å². The lowest BCUT2D eigenvalue weighted by Crippen LogP contribution is -2.78. The summed E-state index contributed by atoms with van der Waals surface area (Å²) in [4.78, 5) is 28.6. The van der Waals surface area contributed by atoms with E-state index in [1.165, 1.54) is 23.5 Å². The number of halogens is 2. The molecule has 6 nitrogen and oxygen atoms in total. The van der Waals surface area contributed by atoms with Gasteiger partial charge in [0.25, 0.3) is 5.91 Å². The predicted molar refractivity (Wildman–Crippen MR) is 98.0 cm³/mol. The van der Waals surface area contributed by atoms with Gasteiger partial charge in [0.15, 0.2) is 6.61 Å². The zero-order valence-electron chi connectivity index (χ0n) is 14.3. The number of nitrogens with one attached hydrogen (secondary N) is 2. The van der Waals surface area contributed by atoms with E-state index < -0.39 is 5.82 Å². The summed E-state index contributed by atoms with van der Waals surface area (Å²) in [6.07, 6.45) is 3.60. The SMILES string of the molecule is O=C(COc1ccc(Cl)c(F)c1)NC12CC(C(=O)NCc3nccs3)(C1)C2. The first kappa shape index (κ1) is 18.2. The Labute approximate surface area is 164 Å². The summed E-state index contributed by atoms with van der Waals surface area (Å²) in [6.45, 7) is 0.217. The van der Waals surface area contributed by atoms with Gasteiger partial charge >= 0.3 is 0 Å². The van der Waals surface area contributed by atoms with Crippen molar-refractivity contribution in [1.82, 2.24) is 15.6 Å². The molecule has 3 aliphatic rings. The fourth-order valence-corrected chi connectivity index (χ4v) is 4.57. The van der Waals surface area contributed by atoms with Gasteiger partial charge in [-0.2, -0.15) is 0 Å². The van der Waals surface area contributed by atoms with Crippen molar-refractivity contribution in [2.24, 2.45) is 5.41 Å². The summed E-state index contributed by atoms with van der Waals surface area (Å²) in [7, 11) is 0. The molecule has 2 aromatic rings. The first-order valence-corrected chi connectivity index (χ1v) is 9.71. The molecule has 0 aliphatic heterocycles. The van der Waals surface area contributed by atoms with Gasteiger partial charge in [-0.3, -0.25) is 9.59 Å². The molecule has 1 aromatic heterocycles. The molecule has 2 amide bonds. The highest BCUT2D eigenvalue weighted by Gasteiger charge is 2.72. The van der Waals surface area contributed by atoms with Gasteiger partial charge in [-0.15, -0.1) is 11.3 Å². The highest BCUT2D eigenvalue weighted by molar-refractivity contribution is 7.09. The van der Waals surface area contributed by atoms with Crippen LogP contribution in [-0.4, -0.2) is 28.9 Å². The Morgan fingerprint density at radius 3 is 2.78 bits per heavy atom. The van der Waals surface area contributed by atoms with Crippen LogP contribution in [0.2, 0.25) is 5.02 Å². The Bertz CT molecular complexity index is 870. The molecule has 1 heterocycles. The van der Waals surface area contributed by atoms with Crippen molar-refractivity contribution >= 4 is 34.8 Å². The van der Waals surface area contributed by atoms with Crippen LogP contribution in [0.5, 0.6) is 5.75 Å². The van der Waals surface area contributed by atoms with E-state index in [2.05, 4.69) is 15.6 Å². The number of benzene rings is 1. The van der Waals surface area contributed by atoms with Crippen molar-refractivity contribution in [2.75, 3.05) is 6.61 Å². The van der Waals surface area contributed by atoms with Gasteiger partial charge < -0.3 is 15.4 Å². The molecule has 2 N–H and O–H groups in total. The Hall–Kier alpha value is -2.19. The van der Waals surface area contributed by atoms with Gasteiger partial charge in [-0.05, 0) is 31.4 Å². The average molecular weight is 410 g/mol. The third kappa shape index (κ3) is 3.51. The monoisotopic (exact) mass is 409 g/mol. The smallest absolute Gasteiger partial charge is 0.258 e. The Morgan fingerprint density at radius 1 is 1.33 bits per heavy atom. The van der Waals surface area contributed by atoms with Crippen molar-refractivity contribution in [3.8, 4) is 5.75 Å². The van der Waals surface area contributed by atoms with E-state index in [9.17, 15) is 14.0 Å². The maximum atomic E-state index is 13.4. The predicted octanol–water partition coefficient (Wildman–Crippen LogP) is 2.67. The standard InChI is InChI=1S/C18H17ClFN3O3S/c19-12-2-1-11(5-13(12)20)26-7-14(24)23-18-8-17(9-18,10-18)16(25)22-6-15-21-3-4-27-15/h1-5H,6-10H2,(H,22,25)(H,23,24). The fraction of sp³-hybridized carbons (Fsp3) is 0.389. The normalized spacial score (nSPS) is 25.1. The van der Waals surface area contributed by atoms with Gasteiger partial charge in [0.05, 0.1) is 17.0 Å². The maximum Gasteiger partial charge on any atom is 0.258 e. The summed E-state index contributed by atoms with van der Waals surface area (Å²) < 4.78 is 18.7. The van der Waals surface area contributed by atoms with Crippen LogP contribution >= 0.6 is 22.9 Å². The van der Waals surface area contributed by atoms with Crippen LogP contribution in [0.4, 0.5) is 4.39 Å². The van der Waals surface area contributed by atoms with Crippen LogP contribution in [0.15, 0.2) is 29.8 Å². The van der Waals surface area contributed by atoms with Crippen LogP contribution in [0.1, 0.15) is 24.3 Å². The van der Waals surface area contributed by atoms with Crippen LogP contribution < -0.4 is 15.4 Å². The van der Waals surface area contributed by atoms with Gasteiger partial charge in [-0.25, -0.2) is 9.37 Å². The van der Waals surface area contributed by atoms with Crippen molar-refractivity contribution in [2.45, 2.75) is 31.3 Å². The fourth-order valence-electron chi connectivity index (χ4n) is 3.89. The molecule has 3 fully saturated rings. The molecule has 3 aliphatic carbocycles. The van der Waals surface area contributed by atoms with Crippen molar-refractivity contribution in [1.29, 1.82) is 0 Å². The molecule has 142 valence electrons. The second-order valence-electron chi connectivity index (χ2n) is 7.11. The summed E-state index contributed by atoms with van der Waals surface area (Å²) in [6, 6.07) is 4.01. The summed E-state index contributed by atoms with van der Waals surface area (Å²) in [5, 5.41) is 8.58. The van der Waals surface area contributed by atoms with Crippen molar-refractivity contribution in [3.63, 3.8) is 0 Å². The molecular formula is C18H17ClFN3O3S. The van der Waals surface area contributed by atoms with Crippen molar-refractivity contribution in [3.05, 3.63) is 45.6 Å². The Balaban J connectivity index is 1.21. The number of carbonyl (C=O) groups excluding carboxylic acids is 2. The zero-order chi connectivity index (χ0) is 19.1. The number of hydrogen-bond acceptors (Lipinski definition) is 5. The number of carbonyl (C=O) groups is 2. The molecule has 3 saturated carbocycles. The molecular weight excluding hydrogens is 393 g/mol. The molecule has 9 heteroatoms. The van der Waals surface area contributed by atoms with Crippen LogP contribution in [0.3, 0.4) is 0 Å². The number of thiazole rings is 1. The molecule has 0 radical (unpaired) electrons. The Kier molecular flexibility index (Phi) is 4.55. The van der Waals surface area contributed by atoms with Crippen molar-refractivity contribution < 1.29 is 18.7 Å². The third-order valence-electron chi connectivity index (χ3n) is 5.06. The first-order valence-electron chi connectivity index (χ1n) is 8.45. The lowest BCUT2D eigenvalue weighted by atomic mass is 9.39. The topological polar surface area (TPSA) is 80.3 Å². The van der Waals surface area contributed by atoms with E-state index in [1.54, 1.807) is 6.20 Å². The lowest BCUT2D eigenvalue weighted by molar-refractivity contribution is -0.184. The van der Waals surface area contributed by atoms with Gasteiger partial charge in [0, 0.05) is 23.2 Å². The summed E-state index contributed by atoms with van der Waals surface area (Å²) >= 11 is 7.11. The Morgan fingerprint density at radius 2 is 2.11 bits per heavy atom. The minimum absolute atomic E-state index is 0.000831. The van der Waals surface area contributed by atoms with Crippen LogP contribution in [0.25, 0.3) is 0 Å². The molecule has 0 spiro atoms. The molecule has 5 rings (SSSR count). The second kappa shape index (κ2) is 6.76. The lowest BCUT2D eigenvalue weighted by Gasteiger charge is -2.69. The first-order chi connectivity index (χ1) is 12.9. The highest BCUT2D eigenvalue weighted by Crippen LogP contribution is 2.67. The molecule has 1 aromatic carbocycles. The molecule has 2 bridgehead atoms. The van der Waals surface area contributed by atoms with E-state index in [4.69, 9.17) is 16.3 Å². The molecule has 27 heavy (non-hydrogen) atoms. The van der Waals surface area contributed by atoms with E-state index in [1.807, 2.05) is 5.38 Å². The molecule has 0 saturated heterocycles. The van der Waals surface area contributed by atoms with Gasteiger partial charge in [0.2, 0.25) is 5.91 Å².